The van der Waals surface area contributed by atoms with Gasteiger partial charge in [0.15, 0.2) is 5.60 Å². The number of aliphatic hydroxyl groups excluding tert-OH is 1. The van der Waals surface area contributed by atoms with Gasteiger partial charge in [-0.2, -0.15) is 0 Å². The molecule has 4 nitrogen and oxygen atoms in total. The molecule has 16 heavy (non-hydrogen) atoms. The van der Waals surface area contributed by atoms with Crippen molar-refractivity contribution in [2.24, 2.45) is 5.73 Å². The molecule has 0 spiro atoms. The number of rotatable bonds is 1. The molecule has 1 unspecified atom stereocenters. The van der Waals surface area contributed by atoms with Crippen LogP contribution in [0.2, 0.25) is 5.02 Å². The van der Waals surface area contributed by atoms with E-state index in [0.717, 1.165) is 0 Å². The van der Waals surface area contributed by atoms with Crippen molar-refractivity contribution in [3.05, 3.63) is 46.5 Å². The number of hydrogen-bond acceptors (Lipinski definition) is 4. The van der Waals surface area contributed by atoms with Gasteiger partial charge in [0.1, 0.15) is 0 Å². The predicted octanol–water partition coefficient (Wildman–Crippen LogP) is 1.84. The lowest BCUT2D eigenvalue weighted by Gasteiger charge is -2.22. The van der Waals surface area contributed by atoms with E-state index in [0.29, 0.717) is 10.6 Å². The Morgan fingerprint density at radius 2 is 2.19 bits per heavy atom. The van der Waals surface area contributed by atoms with E-state index in [1.807, 2.05) is 0 Å². The first kappa shape index (κ1) is 10.8. The number of ether oxygens (including phenoxy) is 1. The smallest absolute Gasteiger partial charge is 0.250 e. The number of aliphatic hydroxyl groups is 1. The topological polar surface area (TPSA) is 72.6 Å². The van der Waals surface area contributed by atoms with Crippen molar-refractivity contribution in [1.29, 1.82) is 0 Å². The van der Waals surface area contributed by atoms with E-state index >= 15 is 0 Å². The van der Waals surface area contributed by atoms with E-state index in [1.54, 1.807) is 24.3 Å². The van der Waals surface area contributed by atoms with Gasteiger partial charge in [0.25, 0.3) is 5.78 Å². The average Bonchev–Trinajstić information content (AvgIpc) is 2.44. The van der Waals surface area contributed by atoms with Crippen molar-refractivity contribution < 1.29 is 14.6 Å². The first-order valence-corrected chi connectivity index (χ1v) is 5.01. The van der Waals surface area contributed by atoms with E-state index < -0.39 is 17.1 Å². The molecule has 84 valence electrons. The van der Waals surface area contributed by atoms with Gasteiger partial charge in [-0.3, -0.25) is 4.79 Å². The highest BCUT2D eigenvalue weighted by Gasteiger charge is 2.47. The molecule has 0 saturated carbocycles. The van der Waals surface area contributed by atoms with Gasteiger partial charge in [0, 0.05) is 10.6 Å². The van der Waals surface area contributed by atoms with E-state index in [9.17, 15) is 9.90 Å². The Kier molecular flexibility index (Phi) is 2.31. The summed E-state index contributed by atoms with van der Waals surface area (Å²) in [5.41, 5.74) is 4.63. The summed E-state index contributed by atoms with van der Waals surface area (Å²) in [6.07, 6.45) is 0. The number of hydrogen-bond donors (Lipinski definition) is 2. The molecule has 0 aliphatic carbocycles. The summed E-state index contributed by atoms with van der Waals surface area (Å²) >= 11 is 5.83. The summed E-state index contributed by atoms with van der Waals surface area (Å²) in [5.74, 6) is -1.36. The second-order valence-corrected chi connectivity index (χ2v) is 4.12. The summed E-state index contributed by atoms with van der Waals surface area (Å²) in [5, 5.41) is 9.87. The van der Waals surface area contributed by atoms with Crippen LogP contribution in [0.15, 0.2) is 35.9 Å². The highest BCUT2D eigenvalue weighted by Crippen LogP contribution is 2.36. The molecule has 3 N–H and O–H groups in total. The van der Waals surface area contributed by atoms with E-state index in [-0.39, 0.29) is 5.88 Å². The number of ketones is 1. The normalized spacial score (nSPS) is 24.8. The lowest BCUT2D eigenvalue weighted by molar-refractivity contribution is -0.131. The molecule has 0 bridgehead atoms. The Labute approximate surface area is 97.3 Å². The largest absolute Gasteiger partial charge is 0.501 e. The van der Waals surface area contributed by atoms with E-state index in [4.69, 9.17) is 22.1 Å². The molecule has 1 aromatic rings. The first-order valence-electron chi connectivity index (χ1n) is 4.64. The summed E-state index contributed by atoms with van der Waals surface area (Å²) in [4.78, 5) is 11.8. The average molecular weight is 240 g/mol. The van der Waals surface area contributed by atoms with Crippen LogP contribution in [0.25, 0.3) is 0 Å². The van der Waals surface area contributed by atoms with Crippen molar-refractivity contribution in [1.82, 2.24) is 0 Å². The van der Waals surface area contributed by atoms with E-state index in [2.05, 4.69) is 0 Å². The minimum Gasteiger partial charge on any atom is -0.501 e. The number of nitrogens with two attached hydrogens (primary N) is 1. The first-order chi connectivity index (χ1) is 7.45. The Bertz CT molecular complexity index is 498. The zero-order valence-electron chi connectivity index (χ0n) is 8.53. The lowest BCUT2D eigenvalue weighted by atomic mass is 9.92. The molecule has 1 aliphatic rings. The Hall–Kier alpha value is -1.68. The molecular weight excluding hydrogens is 230 g/mol. The number of carbonyl (C=O) groups excluding carboxylic acids is 1. The van der Waals surface area contributed by atoms with Crippen LogP contribution in [0.5, 0.6) is 0 Å². The Balaban J connectivity index is 2.47. The molecule has 0 radical (unpaired) electrons. The molecule has 1 heterocycles. The molecule has 0 amide bonds. The van der Waals surface area contributed by atoms with Crippen molar-refractivity contribution in [2.75, 3.05) is 0 Å². The van der Waals surface area contributed by atoms with Gasteiger partial charge in [-0.1, -0.05) is 23.7 Å². The highest BCUT2D eigenvalue weighted by molar-refractivity contribution is 6.30. The quantitative estimate of drug-likeness (QED) is 0.784. The SMILES string of the molecule is CC1(c2cccc(Cl)c2)OC(N)=C(O)C1=O. The maximum Gasteiger partial charge on any atom is 0.250 e. The van der Waals surface area contributed by atoms with Crippen molar-refractivity contribution in [3.8, 4) is 0 Å². The summed E-state index contributed by atoms with van der Waals surface area (Å²) < 4.78 is 5.21. The third kappa shape index (κ3) is 1.42. The van der Waals surface area contributed by atoms with Crippen molar-refractivity contribution in [2.45, 2.75) is 12.5 Å². The minimum absolute atomic E-state index is 0.257. The fourth-order valence-electron chi connectivity index (χ4n) is 1.63. The van der Waals surface area contributed by atoms with Crippen LogP contribution in [-0.4, -0.2) is 10.9 Å². The third-order valence-corrected chi connectivity index (χ3v) is 2.81. The van der Waals surface area contributed by atoms with Crippen LogP contribution in [0.3, 0.4) is 0 Å². The Morgan fingerprint density at radius 3 is 2.69 bits per heavy atom. The second kappa shape index (κ2) is 3.42. The van der Waals surface area contributed by atoms with Gasteiger partial charge >= 0.3 is 0 Å². The molecular formula is C11H10ClNO3. The van der Waals surface area contributed by atoms with Crippen LogP contribution in [0.4, 0.5) is 0 Å². The third-order valence-electron chi connectivity index (χ3n) is 2.57. The molecule has 5 heteroatoms. The maximum atomic E-state index is 11.8. The number of halogens is 1. The van der Waals surface area contributed by atoms with Crippen LogP contribution in [0.1, 0.15) is 12.5 Å². The zero-order valence-corrected chi connectivity index (χ0v) is 9.28. The summed E-state index contributed by atoms with van der Waals surface area (Å²) in [6.45, 7) is 1.54. The Morgan fingerprint density at radius 1 is 1.50 bits per heavy atom. The molecule has 0 aromatic heterocycles. The fraction of sp³-hybridized carbons (Fsp3) is 0.182. The van der Waals surface area contributed by atoms with Crippen LogP contribution in [-0.2, 0) is 15.1 Å². The number of benzene rings is 1. The van der Waals surface area contributed by atoms with Crippen molar-refractivity contribution >= 4 is 17.4 Å². The molecule has 1 aromatic carbocycles. The van der Waals surface area contributed by atoms with Crippen LogP contribution >= 0.6 is 11.6 Å². The molecule has 0 fully saturated rings. The summed E-state index contributed by atoms with van der Waals surface area (Å²) in [7, 11) is 0. The van der Waals surface area contributed by atoms with Crippen LogP contribution < -0.4 is 5.73 Å². The van der Waals surface area contributed by atoms with Gasteiger partial charge in [-0.25, -0.2) is 0 Å². The highest BCUT2D eigenvalue weighted by atomic mass is 35.5. The molecule has 1 aliphatic heterocycles. The maximum absolute atomic E-state index is 11.8. The minimum atomic E-state index is -1.29. The number of Topliss-reactive ketones (excluding diaryl/α,β-unsaturated/α-hetero) is 1. The zero-order chi connectivity index (χ0) is 11.9. The summed E-state index contributed by atoms with van der Waals surface area (Å²) in [6, 6.07) is 6.68. The van der Waals surface area contributed by atoms with Gasteiger partial charge in [0.2, 0.25) is 11.6 Å². The second-order valence-electron chi connectivity index (χ2n) is 3.69. The van der Waals surface area contributed by atoms with E-state index in [1.165, 1.54) is 6.92 Å². The van der Waals surface area contributed by atoms with Gasteiger partial charge in [0.05, 0.1) is 0 Å². The van der Waals surface area contributed by atoms with Gasteiger partial charge < -0.3 is 15.6 Å². The van der Waals surface area contributed by atoms with Gasteiger partial charge in [-0.05, 0) is 19.1 Å². The molecule has 1 atom stereocenters. The van der Waals surface area contributed by atoms with Gasteiger partial charge in [-0.15, -0.1) is 0 Å². The number of carbonyl (C=O) groups is 1. The van der Waals surface area contributed by atoms with Crippen LogP contribution in [0, 0.1) is 0 Å². The fourth-order valence-corrected chi connectivity index (χ4v) is 1.82. The predicted molar refractivity (Wildman–Crippen MR) is 58.7 cm³/mol. The molecule has 0 saturated heterocycles. The monoisotopic (exact) mass is 239 g/mol. The lowest BCUT2D eigenvalue weighted by Crippen LogP contribution is -2.31. The standard InChI is InChI=1S/C11H10ClNO3/c1-11(6-3-2-4-7(12)5-6)9(15)8(14)10(13)16-11/h2-5,14H,13H2,1H3. The van der Waals surface area contributed by atoms with Crippen molar-refractivity contribution in [3.63, 3.8) is 0 Å². The molecule has 2 rings (SSSR count).